The van der Waals surface area contributed by atoms with Gasteiger partial charge in [0.2, 0.25) is 0 Å². The Morgan fingerprint density at radius 2 is 1.82 bits per heavy atom. The van der Waals surface area contributed by atoms with Crippen molar-refractivity contribution in [2.24, 2.45) is 0 Å². The van der Waals surface area contributed by atoms with E-state index < -0.39 is 5.91 Å². The number of aromatic nitrogens is 1. The minimum Gasteiger partial charge on any atom is -0.321 e. The van der Waals surface area contributed by atoms with Crippen LogP contribution >= 0.6 is 11.6 Å². The van der Waals surface area contributed by atoms with Gasteiger partial charge in [-0.3, -0.25) is 4.79 Å². The number of halogens is 1. The summed E-state index contributed by atoms with van der Waals surface area (Å²) >= 11 is 6.12. The third kappa shape index (κ3) is 4.16. The fourth-order valence-corrected chi connectivity index (χ4v) is 3.27. The lowest BCUT2D eigenvalue weighted by molar-refractivity contribution is -0.112. The number of nitriles is 1. The molecule has 3 aromatic rings. The Morgan fingerprint density at radius 3 is 2.46 bits per heavy atom. The first-order valence-electron chi connectivity index (χ1n) is 8.83. The molecule has 4 nitrogen and oxygen atoms in total. The van der Waals surface area contributed by atoms with E-state index in [0.29, 0.717) is 10.7 Å². The number of carbonyl (C=O) groups is 1. The molecular formula is C23H20ClN3O. The smallest absolute Gasteiger partial charge is 0.266 e. The highest BCUT2D eigenvalue weighted by atomic mass is 35.5. The molecule has 0 saturated carbocycles. The number of nitrogens with one attached hydrogen (secondary N) is 1. The van der Waals surface area contributed by atoms with Gasteiger partial charge in [0, 0.05) is 27.8 Å². The van der Waals surface area contributed by atoms with E-state index in [1.807, 2.05) is 86.0 Å². The van der Waals surface area contributed by atoms with E-state index in [9.17, 15) is 10.1 Å². The molecule has 140 valence electrons. The number of nitrogens with zero attached hydrogens (tertiary/aromatic N) is 2. The molecular weight excluding hydrogens is 370 g/mol. The molecule has 1 aromatic heterocycles. The minimum atomic E-state index is -0.432. The number of hydrogen-bond donors (Lipinski definition) is 1. The van der Waals surface area contributed by atoms with Crippen molar-refractivity contribution in [3.63, 3.8) is 0 Å². The van der Waals surface area contributed by atoms with Crippen LogP contribution in [0.1, 0.15) is 22.5 Å². The highest BCUT2D eigenvalue weighted by molar-refractivity contribution is 6.30. The molecule has 0 aliphatic rings. The predicted molar refractivity (Wildman–Crippen MR) is 114 cm³/mol. The molecule has 0 bridgehead atoms. The van der Waals surface area contributed by atoms with Crippen molar-refractivity contribution >= 4 is 29.3 Å². The molecule has 5 heteroatoms. The van der Waals surface area contributed by atoms with Gasteiger partial charge < -0.3 is 9.88 Å². The number of anilines is 1. The van der Waals surface area contributed by atoms with Crippen molar-refractivity contribution in [2.45, 2.75) is 20.8 Å². The molecule has 0 aliphatic heterocycles. The van der Waals surface area contributed by atoms with E-state index in [0.717, 1.165) is 28.2 Å². The molecule has 1 N–H and O–H groups in total. The lowest BCUT2D eigenvalue weighted by Gasteiger charge is -2.10. The second-order valence-electron chi connectivity index (χ2n) is 6.63. The van der Waals surface area contributed by atoms with Crippen LogP contribution in [0.5, 0.6) is 0 Å². The van der Waals surface area contributed by atoms with Gasteiger partial charge in [-0.2, -0.15) is 5.26 Å². The summed E-state index contributed by atoms with van der Waals surface area (Å²) in [5.41, 5.74) is 5.46. The van der Waals surface area contributed by atoms with E-state index in [4.69, 9.17) is 11.6 Å². The van der Waals surface area contributed by atoms with Crippen LogP contribution in [0.4, 0.5) is 5.69 Å². The zero-order valence-corrected chi connectivity index (χ0v) is 16.7. The first kappa shape index (κ1) is 19.5. The van der Waals surface area contributed by atoms with Crippen LogP contribution in [0.3, 0.4) is 0 Å². The van der Waals surface area contributed by atoms with Crippen molar-refractivity contribution in [2.75, 3.05) is 5.32 Å². The Morgan fingerprint density at radius 1 is 1.11 bits per heavy atom. The molecule has 0 spiro atoms. The molecule has 0 unspecified atom stereocenters. The zero-order chi connectivity index (χ0) is 20.3. The van der Waals surface area contributed by atoms with Crippen molar-refractivity contribution in [3.05, 3.63) is 87.7 Å². The molecule has 1 heterocycles. The lowest BCUT2D eigenvalue weighted by atomic mass is 10.1. The van der Waals surface area contributed by atoms with Crippen LogP contribution in [0, 0.1) is 32.1 Å². The van der Waals surface area contributed by atoms with Gasteiger partial charge in [0.1, 0.15) is 11.6 Å². The topological polar surface area (TPSA) is 57.8 Å². The quantitative estimate of drug-likeness (QED) is 0.466. The average molecular weight is 390 g/mol. The van der Waals surface area contributed by atoms with Gasteiger partial charge in [-0.15, -0.1) is 0 Å². The number of carbonyl (C=O) groups excluding carboxylic acids is 1. The number of hydrogen-bond acceptors (Lipinski definition) is 2. The van der Waals surface area contributed by atoms with E-state index in [1.54, 1.807) is 6.08 Å². The summed E-state index contributed by atoms with van der Waals surface area (Å²) in [6.07, 6.45) is 1.62. The van der Waals surface area contributed by atoms with Crippen LogP contribution in [-0.4, -0.2) is 10.5 Å². The summed E-state index contributed by atoms with van der Waals surface area (Å²) in [5.74, 6) is -0.432. The molecule has 0 aliphatic carbocycles. The van der Waals surface area contributed by atoms with Crippen LogP contribution < -0.4 is 5.32 Å². The van der Waals surface area contributed by atoms with Gasteiger partial charge in [0.05, 0.1) is 0 Å². The maximum absolute atomic E-state index is 12.5. The van der Waals surface area contributed by atoms with E-state index in [2.05, 4.69) is 5.32 Å². The second kappa shape index (κ2) is 8.16. The average Bonchev–Trinajstić information content (AvgIpc) is 2.94. The Kier molecular flexibility index (Phi) is 5.67. The van der Waals surface area contributed by atoms with E-state index in [-0.39, 0.29) is 5.57 Å². The Bertz CT molecular complexity index is 1100. The molecule has 1 amide bonds. The first-order chi connectivity index (χ1) is 13.4. The number of benzene rings is 2. The summed E-state index contributed by atoms with van der Waals surface area (Å²) in [4.78, 5) is 12.5. The van der Waals surface area contributed by atoms with Crippen molar-refractivity contribution in [1.82, 2.24) is 4.57 Å². The molecule has 2 aromatic carbocycles. The normalized spacial score (nSPS) is 11.2. The highest BCUT2D eigenvalue weighted by Gasteiger charge is 2.14. The van der Waals surface area contributed by atoms with Gasteiger partial charge in [-0.1, -0.05) is 35.4 Å². The monoisotopic (exact) mass is 389 g/mol. The van der Waals surface area contributed by atoms with Crippen molar-refractivity contribution < 1.29 is 4.79 Å². The van der Waals surface area contributed by atoms with Crippen LogP contribution in [0.25, 0.3) is 11.8 Å². The molecule has 0 radical (unpaired) electrons. The fourth-order valence-electron chi connectivity index (χ4n) is 3.09. The second-order valence-corrected chi connectivity index (χ2v) is 7.07. The first-order valence-corrected chi connectivity index (χ1v) is 9.21. The molecule has 0 saturated heterocycles. The lowest BCUT2D eigenvalue weighted by Crippen LogP contribution is -2.13. The molecule has 0 atom stereocenters. The number of rotatable bonds is 4. The minimum absolute atomic E-state index is 0.0481. The predicted octanol–water partition coefficient (Wildman–Crippen LogP) is 5.60. The maximum atomic E-state index is 12.5. The van der Waals surface area contributed by atoms with Gasteiger partial charge >= 0.3 is 0 Å². The standard InChI is InChI=1S/C23H20ClN3O/c1-15-7-9-21(10-8-15)26-23(28)19(14-25)12-18-11-16(2)27(17(18)3)22-6-4-5-20(24)13-22/h4-13H,1-3H3,(H,26,28)/b19-12-. The van der Waals surface area contributed by atoms with Crippen molar-refractivity contribution in [3.8, 4) is 11.8 Å². The summed E-state index contributed by atoms with van der Waals surface area (Å²) in [6.45, 7) is 5.90. The van der Waals surface area contributed by atoms with Crippen molar-refractivity contribution in [1.29, 1.82) is 5.26 Å². The maximum Gasteiger partial charge on any atom is 0.266 e. The summed E-state index contributed by atoms with van der Waals surface area (Å²) in [6, 6.07) is 19.0. The Labute approximate surface area is 169 Å². The SMILES string of the molecule is Cc1ccc(NC(=O)/C(C#N)=C\c2cc(C)n(-c3cccc(Cl)c3)c2C)cc1. The third-order valence-corrected chi connectivity index (χ3v) is 4.75. The van der Waals surface area contributed by atoms with Crippen LogP contribution in [-0.2, 0) is 4.79 Å². The van der Waals surface area contributed by atoms with Crippen LogP contribution in [0.2, 0.25) is 5.02 Å². The summed E-state index contributed by atoms with van der Waals surface area (Å²) in [5, 5.41) is 12.9. The number of amides is 1. The Balaban J connectivity index is 1.93. The number of aryl methyl sites for hydroxylation is 2. The molecule has 28 heavy (non-hydrogen) atoms. The molecule has 3 rings (SSSR count). The van der Waals surface area contributed by atoms with Gasteiger partial charge in [-0.25, -0.2) is 0 Å². The van der Waals surface area contributed by atoms with Crippen LogP contribution in [0.15, 0.2) is 60.2 Å². The van der Waals surface area contributed by atoms with Gasteiger partial charge in [0.15, 0.2) is 0 Å². The summed E-state index contributed by atoms with van der Waals surface area (Å²) in [7, 11) is 0. The molecule has 0 fully saturated rings. The van der Waals surface area contributed by atoms with E-state index >= 15 is 0 Å². The largest absolute Gasteiger partial charge is 0.321 e. The highest BCUT2D eigenvalue weighted by Crippen LogP contribution is 2.24. The van der Waals surface area contributed by atoms with E-state index in [1.165, 1.54) is 0 Å². The summed E-state index contributed by atoms with van der Waals surface area (Å²) < 4.78 is 2.05. The third-order valence-electron chi connectivity index (χ3n) is 4.51. The van der Waals surface area contributed by atoms with Gasteiger partial charge in [0.25, 0.3) is 5.91 Å². The Hall–Kier alpha value is -3.29. The van der Waals surface area contributed by atoms with Gasteiger partial charge in [-0.05, 0) is 68.8 Å². The zero-order valence-electron chi connectivity index (χ0n) is 16.0. The fraction of sp³-hybridized carbons (Fsp3) is 0.130.